The quantitative estimate of drug-likeness (QED) is 0.343. The summed E-state index contributed by atoms with van der Waals surface area (Å²) in [6.45, 7) is 7.98. The van der Waals surface area contributed by atoms with E-state index in [1.807, 2.05) is 0 Å². The molecule has 104 valence electrons. The van der Waals surface area contributed by atoms with E-state index < -0.39 is 0 Å². The molecule has 6 heteroatoms. The fourth-order valence-corrected chi connectivity index (χ4v) is 1.45. The van der Waals surface area contributed by atoms with E-state index in [0.29, 0.717) is 26.3 Å². The lowest BCUT2D eigenvalue weighted by Gasteiger charge is -2.20. The number of hydrogen-bond donors (Lipinski definition) is 3. The topological polar surface area (TPSA) is 85.8 Å². The molecule has 0 heterocycles. The van der Waals surface area contributed by atoms with Gasteiger partial charge in [0.1, 0.15) is 0 Å². The van der Waals surface area contributed by atoms with Gasteiger partial charge in [0.2, 0.25) is 0 Å². The fraction of sp³-hybridized carbons (Fsp3) is 1.00. The Balaban J connectivity index is 3.23. The van der Waals surface area contributed by atoms with E-state index in [9.17, 15) is 0 Å². The van der Waals surface area contributed by atoms with E-state index in [4.69, 9.17) is 20.9 Å². The number of nitrogens with one attached hydrogen (secondary N) is 1. The Labute approximate surface area is 105 Å². The van der Waals surface area contributed by atoms with Crippen molar-refractivity contribution in [2.24, 2.45) is 11.5 Å². The zero-order valence-corrected chi connectivity index (χ0v) is 11.0. The van der Waals surface area contributed by atoms with Crippen molar-refractivity contribution < 1.29 is 9.47 Å². The van der Waals surface area contributed by atoms with E-state index in [0.717, 1.165) is 39.3 Å². The predicted octanol–water partition coefficient (Wildman–Crippen LogP) is -1.54. The molecule has 0 fully saturated rings. The predicted molar refractivity (Wildman–Crippen MR) is 70.1 cm³/mol. The molecule has 0 saturated carbocycles. The highest BCUT2D eigenvalue weighted by Crippen LogP contribution is 1.84. The number of hydrogen-bond acceptors (Lipinski definition) is 6. The first-order valence-electron chi connectivity index (χ1n) is 6.25. The summed E-state index contributed by atoms with van der Waals surface area (Å²) in [5, 5.41) is 3.32. The van der Waals surface area contributed by atoms with Crippen LogP contribution in [0.3, 0.4) is 0 Å². The normalized spacial score (nSPS) is 11.3. The maximum absolute atomic E-state index is 5.52. The van der Waals surface area contributed by atoms with Crippen molar-refractivity contribution in [1.29, 1.82) is 0 Å². The van der Waals surface area contributed by atoms with Crippen LogP contribution in [-0.4, -0.2) is 77.6 Å². The Morgan fingerprint density at radius 2 is 1.65 bits per heavy atom. The molecule has 0 aliphatic carbocycles. The summed E-state index contributed by atoms with van der Waals surface area (Å²) in [6.07, 6.45) is 0. The lowest BCUT2D eigenvalue weighted by molar-refractivity contribution is 0.0718. The van der Waals surface area contributed by atoms with Crippen LogP contribution < -0.4 is 16.8 Å². The van der Waals surface area contributed by atoms with Crippen molar-refractivity contribution >= 4 is 0 Å². The van der Waals surface area contributed by atoms with Gasteiger partial charge in [-0.05, 0) is 0 Å². The molecule has 0 aliphatic rings. The first kappa shape index (κ1) is 16.8. The third-order valence-electron chi connectivity index (χ3n) is 2.35. The monoisotopic (exact) mass is 248 g/mol. The second-order valence-electron chi connectivity index (χ2n) is 3.77. The van der Waals surface area contributed by atoms with Crippen LogP contribution in [0.25, 0.3) is 0 Å². The van der Waals surface area contributed by atoms with Crippen LogP contribution in [0, 0.1) is 0 Å². The van der Waals surface area contributed by atoms with Crippen LogP contribution in [0.1, 0.15) is 0 Å². The summed E-state index contributed by atoms with van der Waals surface area (Å²) in [7, 11) is 1.67. The fourth-order valence-electron chi connectivity index (χ4n) is 1.45. The highest BCUT2D eigenvalue weighted by atomic mass is 16.5. The maximum atomic E-state index is 5.52. The second kappa shape index (κ2) is 13.8. The van der Waals surface area contributed by atoms with Gasteiger partial charge in [-0.2, -0.15) is 0 Å². The van der Waals surface area contributed by atoms with Crippen LogP contribution in [0.4, 0.5) is 0 Å². The second-order valence-corrected chi connectivity index (χ2v) is 3.77. The van der Waals surface area contributed by atoms with Crippen LogP contribution in [0.15, 0.2) is 0 Å². The van der Waals surface area contributed by atoms with E-state index in [1.54, 1.807) is 7.11 Å². The highest BCUT2D eigenvalue weighted by Gasteiger charge is 2.01. The molecule has 0 unspecified atom stereocenters. The Morgan fingerprint density at radius 1 is 0.941 bits per heavy atom. The Kier molecular flexibility index (Phi) is 13.6. The smallest absolute Gasteiger partial charge is 0.0700 e. The van der Waals surface area contributed by atoms with Crippen LogP contribution in [0.5, 0.6) is 0 Å². The Hall–Kier alpha value is -0.240. The molecule has 0 aliphatic heterocycles. The molecular formula is C11H28N4O2. The summed E-state index contributed by atoms with van der Waals surface area (Å²) in [4.78, 5) is 2.26. The summed E-state index contributed by atoms with van der Waals surface area (Å²) in [6, 6.07) is 0. The molecule has 0 saturated heterocycles. The van der Waals surface area contributed by atoms with Gasteiger partial charge < -0.3 is 26.3 Å². The van der Waals surface area contributed by atoms with Crippen LogP contribution in [-0.2, 0) is 9.47 Å². The van der Waals surface area contributed by atoms with Crippen molar-refractivity contribution in [1.82, 2.24) is 10.2 Å². The number of methoxy groups -OCH3 is 1. The maximum Gasteiger partial charge on any atom is 0.0700 e. The standard InChI is InChI=1S/C11H28N4O2/c1-16-10-11-17-9-5-14-4-8-15(6-2-12)7-3-13/h14H,2-13H2,1H3. The number of rotatable bonds is 13. The van der Waals surface area contributed by atoms with Crippen molar-refractivity contribution in [2.45, 2.75) is 0 Å². The minimum Gasteiger partial charge on any atom is -0.382 e. The first-order chi connectivity index (χ1) is 8.35. The largest absolute Gasteiger partial charge is 0.382 e. The molecular weight excluding hydrogens is 220 g/mol. The number of ether oxygens (including phenoxy) is 2. The van der Waals surface area contributed by atoms with Gasteiger partial charge in [0.05, 0.1) is 19.8 Å². The third kappa shape index (κ3) is 12.0. The van der Waals surface area contributed by atoms with Gasteiger partial charge in [-0.1, -0.05) is 0 Å². The van der Waals surface area contributed by atoms with Gasteiger partial charge >= 0.3 is 0 Å². The molecule has 0 rings (SSSR count). The molecule has 0 radical (unpaired) electrons. The third-order valence-corrected chi connectivity index (χ3v) is 2.35. The molecule has 5 N–H and O–H groups in total. The van der Waals surface area contributed by atoms with Gasteiger partial charge in [0.15, 0.2) is 0 Å². The number of nitrogens with zero attached hydrogens (tertiary/aromatic N) is 1. The molecule has 0 aromatic rings. The zero-order chi connectivity index (χ0) is 12.8. The van der Waals surface area contributed by atoms with E-state index in [-0.39, 0.29) is 0 Å². The van der Waals surface area contributed by atoms with Gasteiger partial charge in [-0.25, -0.2) is 0 Å². The summed E-state index contributed by atoms with van der Waals surface area (Å²) in [5.41, 5.74) is 11.0. The van der Waals surface area contributed by atoms with E-state index >= 15 is 0 Å². The molecule has 0 aromatic carbocycles. The summed E-state index contributed by atoms with van der Waals surface area (Å²) >= 11 is 0. The van der Waals surface area contributed by atoms with Gasteiger partial charge in [-0.15, -0.1) is 0 Å². The van der Waals surface area contributed by atoms with E-state index in [1.165, 1.54) is 0 Å². The zero-order valence-electron chi connectivity index (χ0n) is 11.0. The van der Waals surface area contributed by atoms with Crippen molar-refractivity contribution in [3.8, 4) is 0 Å². The average Bonchev–Trinajstić information content (AvgIpc) is 2.33. The number of nitrogens with two attached hydrogens (primary N) is 2. The minimum absolute atomic E-state index is 0.654. The lowest BCUT2D eigenvalue weighted by atomic mass is 10.4. The summed E-state index contributed by atoms with van der Waals surface area (Å²) < 4.78 is 10.2. The molecule has 0 bridgehead atoms. The molecule has 0 spiro atoms. The summed E-state index contributed by atoms with van der Waals surface area (Å²) in [5.74, 6) is 0. The SMILES string of the molecule is COCCOCCNCCN(CCN)CCN. The van der Waals surface area contributed by atoms with Crippen LogP contribution >= 0.6 is 0 Å². The lowest BCUT2D eigenvalue weighted by Crippen LogP contribution is -2.39. The highest BCUT2D eigenvalue weighted by molar-refractivity contribution is 4.60. The molecule has 6 nitrogen and oxygen atoms in total. The van der Waals surface area contributed by atoms with E-state index in [2.05, 4.69) is 10.2 Å². The van der Waals surface area contributed by atoms with Crippen molar-refractivity contribution in [3.05, 3.63) is 0 Å². The van der Waals surface area contributed by atoms with Crippen LogP contribution in [0.2, 0.25) is 0 Å². The molecule has 0 aromatic heterocycles. The Morgan fingerprint density at radius 3 is 2.24 bits per heavy atom. The van der Waals surface area contributed by atoms with Crippen molar-refractivity contribution in [2.75, 3.05) is 72.7 Å². The van der Waals surface area contributed by atoms with Gasteiger partial charge in [0, 0.05) is 52.9 Å². The minimum atomic E-state index is 0.654. The first-order valence-corrected chi connectivity index (χ1v) is 6.25. The Bertz CT molecular complexity index is 143. The molecule has 0 atom stereocenters. The average molecular weight is 248 g/mol. The molecule has 17 heavy (non-hydrogen) atoms. The molecule has 0 amide bonds. The van der Waals surface area contributed by atoms with Gasteiger partial charge in [0.25, 0.3) is 0 Å². The van der Waals surface area contributed by atoms with Crippen molar-refractivity contribution in [3.63, 3.8) is 0 Å². The van der Waals surface area contributed by atoms with Gasteiger partial charge in [-0.3, -0.25) is 4.90 Å².